The molecule has 2 aliphatic rings. The molecule has 3 unspecified atom stereocenters. The number of fused-ring (bicyclic) bond motifs is 2. The van der Waals surface area contributed by atoms with Gasteiger partial charge in [-0.2, -0.15) is 0 Å². The van der Waals surface area contributed by atoms with Crippen molar-refractivity contribution in [1.82, 2.24) is 4.90 Å². The Kier molecular flexibility index (Phi) is 3.86. The number of morpholine rings is 1. The molecule has 6 nitrogen and oxygen atoms in total. The number of ether oxygens (including phenoxy) is 1. The number of nitrogens with zero attached hydrogens (tertiary/aromatic N) is 1. The number of imide groups is 1. The lowest BCUT2D eigenvalue weighted by molar-refractivity contribution is -0.170. The lowest BCUT2D eigenvalue weighted by Crippen LogP contribution is -2.54. The number of carboxylic acids is 1. The summed E-state index contributed by atoms with van der Waals surface area (Å²) in [6, 6.07) is 0. The second kappa shape index (κ2) is 5.16. The average Bonchev–Trinajstić information content (AvgIpc) is 2.76. The molecule has 6 heteroatoms. The summed E-state index contributed by atoms with van der Waals surface area (Å²) in [5.74, 6) is -2.48. The minimum Gasteiger partial charge on any atom is -0.481 e. The first-order chi connectivity index (χ1) is 9.19. The summed E-state index contributed by atoms with van der Waals surface area (Å²) < 4.78 is 5.31. The topological polar surface area (TPSA) is 83.9 Å². The number of hydrogen-bond donors (Lipinski definition) is 1. The summed E-state index contributed by atoms with van der Waals surface area (Å²) in [4.78, 5) is 36.7. The van der Waals surface area contributed by atoms with E-state index in [4.69, 9.17) is 4.74 Å². The van der Waals surface area contributed by atoms with Gasteiger partial charge in [-0.3, -0.25) is 19.3 Å². The van der Waals surface area contributed by atoms with Crippen LogP contribution in [0.25, 0.3) is 0 Å². The highest BCUT2D eigenvalue weighted by atomic mass is 16.5. The molecule has 0 saturated carbocycles. The molecule has 2 heterocycles. The van der Waals surface area contributed by atoms with E-state index in [9.17, 15) is 19.5 Å². The van der Waals surface area contributed by atoms with Gasteiger partial charge in [0.05, 0.1) is 5.92 Å². The molecular weight excluding hydrogens is 262 g/mol. The minimum atomic E-state index is -0.973. The molecule has 0 aromatic carbocycles. The van der Waals surface area contributed by atoms with Gasteiger partial charge in [0, 0.05) is 6.54 Å². The molecule has 0 spiro atoms. The molecule has 3 atom stereocenters. The Balaban J connectivity index is 2.11. The van der Waals surface area contributed by atoms with Gasteiger partial charge in [0.15, 0.2) is 0 Å². The molecule has 2 bridgehead atoms. The average molecular weight is 283 g/mol. The first-order valence-electron chi connectivity index (χ1n) is 6.92. The molecule has 0 radical (unpaired) electrons. The standard InChI is InChI=1S/C14H21NO5/c1-14(2,3)6-8(13(18)19)7-15-11(16)9-4-5-10(20-9)12(15)17/h8-10H,4-7H2,1-3H3,(H,18,19). The van der Waals surface area contributed by atoms with Crippen LogP contribution in [0.4, 0.5) is 0 Å². The Hall–Kier alpha value is -1.43. The van der Waals surface area contributed by atoms with E-state index in [2.05, 4.69) is 0 Å². The van der Waals surface area contributed by atoms with Gasteiger partial charge < -0.3 is 9.84 Å². The molecule has 2 aliphatic heterocycles. The summed E-state index contributed by atoms with van der Waals surface area (Å²) in [7, 11) is 0. The Morgan fingerprint density at radius 1 is 1.30 bits per heavy atom. The quantitative estimate of drug-likeness (QED) is 0.779. The maximum Gasteiger partial charge on any atom is 0.308 e. The van der Waals surface area contributed by atoms with Crippen molar-refractivity contribution in [3.05, 3.63) is 0 Å². The predicted octanol–water partition coefficient (Wildman–Crippen LogP) is 1.04. The molecular formula is C14H21NO5. The molecule has 2 rings (SSSR count). The Morgan fingerprint density at radius 3 is 2.20 bits per heavy atom. The van der Waals surface area contributed by atoms with Crippen molar-refractivity contribution in [2.45, 2.75) is 52.2 Å². The fraction of sp³-hybridized carbons (Fsp3) is 0.786. The maximum atomic E-state index is 12.1. The normalized spacial score (nSPS) is 27.9. The van der Waals surface area contributed by atoms with Crippen LogP contribution in [-0.2, 0) is 19.1 Å². The van der Waals surface area contributed by atoms with Crippen LogP contribution in [0.2, 0.25) is 0 Å². The van der Waals surface area contributed by atoms with Gasteiger partial charge in [-0.25, -0.2) is 0 Å². The first-order valence-corrected chi connectivity index (χ1v) is 6.92. The van der Waals surface area contributed by atoms with Crippen molar-refractivity contribution in [2.75, 3.05) is 6.54 Å². The highest BCUT2D eigenvalue weighted by Gasteiger charge is 2.47. The fourth-order valence-electron chi connectivity index (χ4n) is 2.83. The van der Waals surface area contributed by atoms with Crippen LogP contribution in [0.1, 0.15) is 40.0 Å². The highest BCUT2D eigenvalue weighted by Crippen LogP contribution is 2.31. The van der Waals surface area contributed by atoms with Gasteiger partial charge in [-0.05, 0) is 24.7 Å². The zero-order valence-corrected chi connectivity index (χ0v) is 12.1. The number of likely N-dealkylation sites (tertiary alicyclic amines) is 1. The summed E-state index contributed by atoms with van der Waals surface area (Å²) in [6.45, 7) is 5.77. The summed E-state index contributed by atoms with van der Waals surface area (Å²) in [6.07, 6.45) is 0.365. The maximum absolute atomic E-state index is 12.1. The molecule has 112 valence electrons. The zero-order valence-electron chi connectivity index (χ0n) is 12.1. The second-order valence-electron chi connectivity index (χ2n) is 6.78. The van der Waals surface area contributed by atoms with E-state index in [0.29, 0.717) is 19.3 Å². The number of aliphatic carboxylic acids is 1. The Bertz CT molecular complexity index is 417. The minimum absolute atomic E-state index is 0.0549. The van der Waals surface area contributed by atoms with Gasteiger partial charge in [0.2, 0.25) is 0 Å². The first kappa shape index (κ1) is 15.0. The fourth-order valence-corrected chi connectivity index (χ4v) is 2.83. The highest BCUT2D eigenvalue weighted by molar-refractivity contribution is 6.02. The van der Waals surface area contributed by atoms with Crippen LogP contribution in [0, 0.1) is 11.3 Å². The van der Waals surface area contributed by atoms with Crippen molar-refractivity contribution >= 4 is 17.8 Å². The zero-order chi connectivity index (χ0) is 15.1. The van der Waals surface area contributed by atoms with Gasteiger partial charge in [-0.1, -0.05) is 20.8 Å². The molecule has 20 heavy (non-hydrogen) atoms. The van der Waals surface area contributed by atoms with E-state index in [1.807, 2.05) is 20.8 Å². The third-order valence-corrected chi connectivity index (χ3v) is 3.71. The van der Waals surface area contributed by atoms with Gasteiger partial charge in [0.1, 0.15) is 12.2 Å². The van der Waals surface area contributed by atoms with Crippen LogP contribution >= 0.6 is 0 Å². The van der Waals surface area contributed by atoms with E-state index in [1.165, 1.54) is 0 Å². The molecule has 0 aromatic heterocycles. The largest absolute Gasteiger partial charge is 0.481 e. The lowest BCUT2D eigenvalue weighted by atomic mass is 9.84. The number of carbonyl (C=O) groups is 3. The lowest BCUT2D eigenvalue weighted by Gasteiger charge is -2.33. The summed E-state index contributed by atoms with van der Waals surface area (Å²) in [5, 5.41) is 9.31. The third kappa shape index (κ3) is 3.00. The molecule has 1 N–H and O–H groups in total. The molecule has 2 amide bonds. The van der Waals surface area contributed by atoms with Crippen LogP contribution in [0.5, 0.6) is 0 Å². The van der Waals surface area contributed by atoms with Crippen LogP contribution < -0.4 is 0 Å². The van der Waals surface area contributed by atoms with Gasteiger partial charge >= 0.3 is 5.97 Å². The number of amides is 2. The van der Waals surface area contributed by atoms with Gasteiger partial charge in [-0.15, -0.1) is 0 Å². The van der Waals surface area contributed by atoms with E-state index >= 15 is 0 Å². The van der Waals surface area contributed by atoms with E-state index in [-0.39, 0.29) is 23.8 Å². The van der Waals surface area contributed by atoms with Crippen molar-refractivity contribution in [2.24, 2.45) is 11.3 Å². The van der Waals surface area contributed by atoms with Gasteiger partial charge in [0.25, 0.3) is 11.8 Å². The summed E-state index contributed by atoms with van der Waals surface area (Å²) in [5.41, 5.74) is -0.180. The van der Waals surface area contributed by atoms with E-state index in [1.54, 1.807) is 0 Å². The number of carbonyl (C=O) groups excluding carboxylic acids is 2. The number of hydrogen-bond acceptors (Lipinski definition) is 4. The van der Waals surface area contributed by atoms with Crippen molar-refractivity contribution in [3.63, 3.8) is 0 Å². The summed E-state index contributed by atoms with van der Waals surface area (Å²) >= 11 is 0. The number of carboxylic acid groups (broad SMARTS) is 1. The van der Waals surface area contributed by atoms with Crippen molar-refractivity contribution in [3.8, 4) is 0 Å². The molecule has 2 fully saturated rings. The molecule has 2 saturated heterocycles. The monoisotopic (exact) mass is 283 g/mol. The van der Waals surface area contributed by atoms with E-state index < -0.39 is 24.1 Å². The number of rotatable bonds is 4. The Labute approximate surface area is 118 Å². The third-order valence-electron chi connectivity index (χ3n) is 3.71. The molecule has 0 aliphatic carbocycles. The van der Waals surface area contributed by atoms with Crippen molar-refractivity contribution < 1.29 is 24.2 Å². The predicted molar refractivity (Wildman–Crippen MR) is 69.8 cm³/mol. The Morgan fingerprint density at radius 2 is 1.80 bits per heavy atom. The smallest absolute Gasteiger partial charge is 0.308 e. The SMILES string of the molecule is CC(C)(C)CC(CN1C(=O)C2CCC(O2)C1=O)C(=O)O. The van der Waals surface area contributed by atoms with Crippen LogP contribution in [-0.4, -0.2) is 46.5 Å². The second-order valence-corrected chi connectivity index (χ2v) is 6.78. The van der Waals surface area contributed by atoms with E-state index in [0.717, 1.165) is 4.90 Å². The van der Waals surface area contributed by atoms with Crippen LogP contribution in [0.3, 0.4) is 0 Å². The van der Waals surface area contributed by atoms with Crippen molar-refractivity contribution in [1.29, 1.82) is 0 Å². The van der Waals surface area contributed by atoms with Crippen LogP contribution in [0.15, 0.2) is 0 Å². The molecule has 0 aromatic rings.